The van der Waals surface area contributed by atoms with Crippen molar-refractivity contribution in [1.82, 2.24) is 4.72 Å². The molecule has 0 aliphatic heterocycles. The summed E-state index contributed by atoms with van der Waals surface area (Å²) >= 11 is 0. The van der Waals surface area contributed by atoms with Gasteiger partial charge >= 0.3 is 0 Å². The van der Waals surface area contributed by atoms with Crippen LogP contribution < -0.4 is 10.5 Å². The molecule has 3 N–H and O–H groups in total. The number of sulfonamides is 1. The summed E-state index contributed by atoms with van der Waals surface area (Å²) in [5.41, 5.74) is 5.40. The lowest BCUT2D eigenvalue weighted by Crippen LogP contribution is -2.28. The molecule has 0 atom stereocenters. The molecule has 0 aliphatic rings. The third-order valence-electron chi connectivity index (χ3n) is 2.26. The lowest BCUT2D eigenvalue weighted by Gasteiger charge is -2.08. The number of ether oxygens (including phenoxy) is 1. The molecule has 0 saturated carbocycles. The van der Waals surface area contributed by atoms with Crippen LogP contribution in [0, 0.1) is 6.92 Å². The predicted octanol–water partition coefficient (Wildman–Crippen LogP) is 0.750. The summed E-state index contributed by atoms with van der Waals surface area (Å²) in [4.78, 5) is 0.132. The van der Waals surface area contributed by atoms with Crippen LogP contribution in [-0.4, -0.2) is 27.7 Å². The largest absolute Gasteiger partial charge is 0.464 e. The van der Waals surface area contributed by atoms with E-state index in [1.54, 1.807) is 6.92 Å². The van der Waals surface area contributed by atoms with Crippen molar-refractivity contribution in [1.29, 1.82) is 0 Å². The van der Waals surface area contributed by atoms with Crippen molar-refractivity contribution in [2.75, 3.05) is 13.2 Å². The van der Waals surface area contributed by atoms with Crippen LogP contribution in [0.4, 0.5) is 0 Å². The zero-order valence-electron chi connectivity index (χ0n) is 10.9. The number of nitrogens with two attached hydrogens (primary N) is 1. The molecule has 18 heavy (non-hydrogen) atoms. The maximum atomic E-state index is 12.0. The molecule has 1 heterocycles. The molecule has 1 aromatic heterocycles. The van der Waals surface area contributed by atoms with E-state index < -0.39 is 10.0 Å². The number of nitrogens with one attached hydrogen (secondary N) is 1. The Labute approximate surface area is 108 Å². The molecule has 0 fully saturated rings. The Morgan fingerprint density at radius 2 is 2.17 bits per heavy atom. The van der Waals surface area contributed by atoms with E-state index in [4.69, 9.17) is 14.9 Å². The molecule has 0 amide bonds. The molecule has 0 unspecified atom stereocenters. The zero-order chi connectivity index (χ0) is 13.8. The van der Waals surface area contributed by atoms with E-state index in [0.29, 0.717) is 18.1 Å². The highest BCUT2D eigenvalue weighted by Crippen LogP contribution is 2.19. The van der Waals surface area contributed by atoms with E-state index in [0.717, 1.165) is 0 Å². The SMILES string of the molecule is Cc1oc(CN)cc1S(=O)(=O)NCCOC(C)C. The van der Waals surface area contributed by atoms with Crippen molar-refractivity contribution >= 4 is 10.0 Å². The maximum absolute atomic E-state index is 12.0. The lowest BCUT2D eigenvalue weighted by molar-refractivity contribution is 0.0834. The maximum Gasteiger partial charge on any atom is 0.244 e. The van der Waals surface area contributed by atoms with Crippen LogP contribution in [0.5, 0.6) is 0 Å². The van der Waals surface area contributed by atoms with Crippen LogP contribution >= 0.6 is 0 Å². The van der Waals surface area contributed by atoms with Gasteiger partial charge in [-0.25, -0.2) is 13.1 Å². The van der Waals surface area contributed by atoms with Gasteiger partial charge in [0, 0.05) is 12.6 Å². The third-order valence-corrected chi connectivity index (χ3v) is 3.83. The Bertz CT molecular complexity index is 479. The minimum absolute atomic E-state index is 0.0778. The highest BCUT2D eigenvalue weighted by Gasteiger charge is 2.20. The van der Waals surface area contributed by atoms with Gasteiger partial charge in [-0.2, -0.15) is 0 Å². The van der Waals surface area contributed by atoms with Crippen molar-refractivity contribution in [2.24, 2.45) is 5.73 Å². The van der Waals surface area contributed by atoms with Crippen molar-refractivity contribution in [2.45, 2.75) is 38.3 Å². The molecule has 0 aliphatic carbocycles. The van der Waals surface area contributed by atoms with Gasteiger partial charge in [0.15, 0.2) is 0 Å². The summed E-state index contributed by atoms with van der Waals surface area (Å²) in [5, 5.41) is 0. The summed E-state index contributed by atoms with van der Waals surface area (Å²) < 4.78 is 36.9. The second-order valence-electron chi connectivity index (χ2n) is 4.15. The average Bonchev–Trinajstić information content (AvgIpc) is 2.66. The van der Waals surface area contributed by atoms with E-state index in [-0.39, 0.29) is 24.1 Å². The zero-order valence-corrected chi connectivity index (χ0v) is 11.7. The second kappa shape index (κ2) is 6.33. The highest BCUT2D eigenvalue weighted by atomic mass is 32.2. The first kappa shape index (κ1) is 15.2. The lowest BCUT2D eigenvalue weighted by atomic mass is 10.4. The molecule has 0 aromatic carbocycles. The van der Waals surface area contributed by atoms with Crippen molar-refractivity contribution in [3.63, 3.8) is 0 Å². The van der Waals surface area contributed by atoms with Gasteiger partial charge in [-0.05, 0) is 20.8 Å². The van der Waals surface area contributed by atoms with E-state index in [1.807, 2.05) is 13.8 Å². The van der Waals surface area contributed by atoms with Crippen molar-refractivity contribution in [3.8, 4) is 0 Å². The van der Waals surface area contributed by atoms with Crippen LogP contribution in [0.3, 0.4) is 0 Å². The van der Waals surface area contributed by atoms with Gasteiger partial charge in [-0.3, -0.25) is 0 Å². The van der Waals surface area contributed by atoms with Crippen molar-refractivity contribution in [3.05, 3.63) is 17.6 Å². The number of rotatable bonds is 7. The minimum atomic E-state index is -3.56. The fourth-order valence-corrected chi connectivity index (χ4v) is 2.65. The van der Waals surface area contributed by atoms with Gasteiger partial charge in [0.05, 0.1) is 19.3 Å². The minimum Gasteiger partial charge on any atom is -0.464 e. The van der Waals surface area contributed by atoms with Crippen molar-refractivity contribution < 1.29 is 17.6 Å². The van der Waals surface area contributed by atoms with Crippen LogP contribution in [0.25, 0.3) is 0 Å². The Morgan fingerprint density at radius 3 is 2.67 bits per heavy atom. The van der Waals surface area contributed by atoms with Gasteiger partial charge in [0.2, 0.25) is 10.0 Å². The Morgan fingerprint density at radius 1 is 1.50 bits per heavy atom. The van der Waals surface area contributed by atoms with Gasteiger partial charge in [-0.15, -0.1) is 0 Å². The second-order valence-corrected chi connectivity index (χ2v) is 5.89. The van der Waals surface area contributed by atoms with E-state index in [1.165, 1.54) is 6.07 Å². The summed E-state index contributed by atoms with van der Waals surface area (Å²) in [5.74, 6) is 0.791. The first-order valence-corrected chi connectivity index (χ1v) is 7.25. The van der Waals surface area contributed by atoms with Crippen LogP contribution in [-0.2, 0) is 21.3 Å². The molecule has 1 rings (SSSR count). The van der Waals surface area contributed by atoms with Gasteiger partial charge in [0.25, 0.3) is 0 Å². The smallest absolute Gasteiger partial charge is 0.244 e. The number of hydrogen-bond acceptors (Lipinski definition) is 5. The molecule has 7 heteroatoms. The summed E-state index contributed by atoms with van der Waals surface area (Å²) in [6.07, 6.45) is 0.0778. The standard InChI is InChI=1S/C11H20N2O4S/c1-8(2)16-5-4-13-18(14,15)11-6-10(7-12)17-9(11)3/h6,8,13H,4-5,7,12H2,1-3H3. The summed E-state index contributed by atoms with van der Waals surface area (Å²) in [7, 11) is -3.56. The van der Waals surface area contributed by atoms with Crippen LogP contribution in [0.2, 0.25) is 0 Å². The molecular formula is C11H20N2O4S. The molecule has 6 nitrogen and oxygen atoms in total. The number of aryl methyl sites for hydroxylation is 1. The van der Waals surface area contributed by atoms with Gasteiger partial charge in [0.1, 0.15) is 16.4 Å². The van der Waals surface area contributed by atoms with E-state index in [2.05, 4.69) is 4.72 Å². The van der Waals surface area contributed by atoms with E-state index >= 15 is 0 Å². The topological polar surface area (TPSA) is 94.6 Å². The molecule has 0 radical (unpaired) electrons. The monoisotopic (exact) mass is 276 g/mol. The van der Waals surface area contributed by atoms with Gasteiger partial charge in [-0.1, -0.05) is 0 Å². The fraction of sp³-hybridized carbons (Fsp3) is 0.636. The molecular weight excluding hydrogens is 256 g/mol. The highest BCUT2D eigenvalue weighted by molar-refractivity contribution is 7.89. The summed E-state index contributed by atoms with van der Waals surface area (Å²) in [6, 6.07) is 1.45. The Kier molecular flexibility index (Phi) is 5.33. The predicted molar refractivity (Wildman–Crippen MR) is 67.6 cm³/mol. The molecule has 1 aromatic rings. The van der Waals surface area contributed by atoms with E-state index in [9.17, 15) is 8.42 Å². The third kappa shape index (κ3) is 4.09. The first-order chi connectivity index (χ1) is 8.36. The number of hydrogen-bond donors (Lipinski definition) is 2. The summed E-state index contributed by atoms with van der Waals surface area (Å²) in [6.45, 7) is 6.11. The molecule has 0 bridgehead atoms. The Hall–Kier alpha value is -0.890. The average molecular weight is 276 g/mol. The number of furan rings is 1. The van der Waals surface area contributed by atoms with Gasteiger partial charge < -0.3 is 14.9 Å². The normalized spacial score (nSPS) is 12.3. The Balaban J connectivity index is 2.65. The molecule has 104 valence electrons. The fourth-order valence-electron chi connectivity index (χ4n) is 1.44. The van der Waals surface area contributed by atoms with Crippen LogP contribution in [0.1, 0.15) is 25.4 Å². The molecule has 0 saturated heterocycles. The quantitative estimate of drug-likeness (QED) is 0.717. The van der Waals surface area contributed by atoms with Crippen LogP contribution in [0.15, 0.2) is 15.4 Å². The first-order valence-electron chi connectivity index (χ1n) is 5.77. The molecule has 0 spiro atoms.